The number of nitrogens with one attached hydrogen (secondary N) is 2. The fourth-order valence-corrected chi connectivity index (χ4v) is 2.86. The number of carbonyl (C=O) groups excluding carboxylic acids is 2. The molecule has 2 N–H and O–H groups in total. The van der Waals surface area contributed by atoms with Crippen molar-refractivity contribution in [1.82, 2.24) is 10.3 Å². The number of benzene rings is 1. The third kappa shape index (κ3) is 4.35. The van der Waals surface area contributed by atoms with Crippen LogP contribution in [0.25, 0.3) is 0 Å². The van der Waals surface area contributed by atoms with E-state index in [4.69, 9.17) is 0 Å². The molecule has 132 valence electrons. The van der Waals surface area contributed by atoms with E-state index in [9.17, 15) is 9.59 Å². The van der Waals surface area contributed by atoms with E-state index in [-0.39, 0.29) is 18.4 Å². The molecule has 1 aromatic heterocycles. The Kier molecular flexibility index (Phi) is 5.75. The molecule has 0 aliphatic carbocycles. The van der Waals surface area contributed by atoms with Crippen LogP contribution < -0.4 is 15.5 Å². The first-order valence-electron chi connectivity index (χ1n) is 8.09. The number of hydrogen-bond acceptors (Lipinski definition) is 4. The first-order chi connectivity index (χ1) is 11.8. The lowest BCUT2D eigenvalue weighted by atomic mass is 10.1. The van der Waals surface area contributed by atoms with Crippen molar-refractivity contribution in [3.05, 3.63) is 52.7 Å². The Morgan fingerprint density at radius 1 is 1.16 bits per heavy atom. The number of nitrogens with zero attached hydrogens (tertiary/aromatic N) is 2. The smallest absolute Gasteiger partial charge is 0.254 e. The van der Waals surface area contributed by atoms with E-state index in [2.05, 4.69) is 15.6 Å². The summed E-state index contributed by atoms with van der Waals surface area (Å²) in [6, 6.07) is 7.45. The largest absolute Gasteiger partial charge is 0.355 e. The molecule has 2 aromatic rings. The molecule has 2 rings (SSSR count). The van der Waals surface area contributed by atoms with Gasteiger partial charge in [0, 0.05) is 26.0 Å². The maximum Gasteiger partial charge on any atom is 0.254 e. The van der Waals surface area contributed by atoms with Gasteiger partial charge in [-0.3, -0.25) is 9.59 Å². The van der Waals surface area contributed by atoms with Crippen molar-refractivity contribution in [1.29, 1.82) is 0 Å². The molecule has 1 aromatic carbocycles. The highest BCUT2D eigenvalue weighted by Gasteiger charge is 2.17. The normalized spacial score (nSPS) is 10.3. The van der Waals surface area contributed by atoms with E-state index in [1.54, 1.807) is 37.3 Å². The number of aromatic nitrogens is 1. The highest BCUT2D eigenvalue weighted by molar-refractivity contribution is 6.00. The van der Waals surface area contributed by atoms with Gasteiger partial charge < -0.3 is 15.5 Å². The SMILES string of the molecule is CNC(=O)c1cccnc1N(C)CC(=O)Nc1c(C)cc(C)cc1C. The Morgan fingerprint density at radius 3 is 2.40 bits per heavy atom. The topological polar surface area (TPSA) is 74.3 Å². The van der Waals surface area contributed by atoms with Crippen LogP contribution in [0.15, 0.2) is 30.5 Å². The molecule has 0 atom stereocenters. The molecular formula is C19H24N4O2. The summed E-state index contributed by atoms with van der Waals surface area (Å²) in [5, 5.41) is 5.54. The number of likely N-dealkylation sites (N-methyl/N-ethyl adjacent to an activating group) is 1. The summed E-state index contributed by atoms with van der Waals surface area (Å²) in [6.45, 7) is 6.07. The molecule has 1 heterocycles. The van der Waals surface area contributed by atoms with E-state index >= 15 is 0 Å². The van der Waals surface area contributed by atoms with Crippen LogP contribution >= 0.6 is 0 Å². The predicted molar refractivity (Wildman–Crippen MR) is 100 cm³/mol. The van der Waals surface area contributed by atoms with Crippen LogP contribution in [-0.2, 0) is 4.79 Å². The quantitative estimate of drug-likeness (QED) is 0.877. The number of hydrogen-bond donors (Lipinski definition) is 2. The molecule has 0 radical (unpaired) electrons. The van der Waals surface area contributed by atoms with Crippen molar-refractivity contribution >= 4 is 23.3 Å². The zero-order valence-electron chi connectivity index (χ0n) is 15.3. The molecule has 25 heavy (non-hydrogen) atoms. The molecule has 0 bridgehead atoms. The molecule has 0 aliphatic rings. The Balaban J connectivity index is 2.15. The fourth-order valence-electron chi connectivity index (χ4n) is 2.86. The van der Waals surface area contributed by atoms with E-state index in [0.717, 1.165) is 22.4 Å². The second-order valence-electron chi connectivity index (χ2n) is 6.13. The summed E-state index contributed by atoms with van der Waals surface area (Å²) in [4.78, 5) is 30.3. The van der Waals surface area contributed by atoms with Gasteiger partial charge in [0.25, 0.3) is 5.91 Å². The Morgan fingerprint density at radius 2 is 1.80 bits per heavy atom. The van der Waals surface area contributed by atoms with Crippen molar-refractivity contribution < 1.29 is 9.59 Å². The number of aryl methyl sites for hydroxylation is 3. The summed E-state index contributed by atoms with van der Waals surface area (Å²) in [5.74, 6) is 0.0704. The Bertz CT molecular complexity index is 779. The fraction of sp³-hybridized carbons (Fsp3) is 0.316. The van der Waals surface area contributed by atoms with Gasteiger partial charge in [0.1, 0.15) is 5.82 Å². The van der Waals surface area contributed by atoms with Gasteiger partial charge in [0.2, 0.25) is 5.91 Å². The van der Waals surface area contributed by atoms with Crippen molar-refractivity contribution in [3.8, 4) is 0 Å². The van der Waals surface area contributed by atoms with Gasteiger partial charge in [-0.15, -0.1) is 0 Å². The van der Waals surface area contributed by atoms with Crippen molar-refractivity contribution in [3.63, 3.8) is 0 Å². The highest BCUT2D eigenvalue weighted by Crippen LogP contribution is 2.22. The van der Waals surface area contributed by atoms with Crippen LogP contribution in [0.4, 0.5) is 11.5 Å². The monoisotopic (exact) mass is 340 g/mol. The zero-order chi connectivity index (χ0) is 18.6. The lowest BCUT2D eigenvalue weighted by Gasteiger charge is -2.21. The number of rotatable bonds is 5. The van der Waals surface area contributed by atoms with Crippen molar-refractivity contribution in [2.75, 3.05) is 30.9 Å². The van der Waals surface area contributed by atoms with Gasteiger partial charge in [-0.25, -0.2) is 4.98 Å². The minimum Gasteiger partial charge on any atom is -0.355 e. The maximum absolute atomic E-state index is 12.5. The number of carbonyl (C=O) groups is 2. The molecule has 0 saturated heterocycles. The van der Waals surface area contributed by atoms with Crippen LogP contribution in [0.5, 0.6) is 0 Å². The minimum absolute atomic E-state index is 0.0910. The van der Waals surface area contributed by atoms with E-state index in [0.29, 0.717) is 11.4 Å². The molecule has 0 spiro atoms. The molecule has 6 nitrogen and oxygen atoms in total. The van der Waals surface area contributed by atoms with Gasteiger partial charge >= 0.3 is 0 Å². The van der Waals surface area contributed by atoms with Crippen LogP contribution in [0.2, 0.25) is 0 Å². The van der Waals surface area contributed by atoms with E-state index in [1.165, 1.54) is 0 Å². The number of pyridine rings is 1. The van der Waals surface area contributed by atoms with Gasteiger partial charge in [0.15, 0.2) is 0 Å². The predicted octanol–water partition coefficient (Wildman–Crippen LogP) is 2.44. The molecule has 0 unspecified atom stereocenters. The van der Waals surface area contributed by atoms with Crippen molar-refractivity contribution in [2.45, 2.75) is 20.8 Å². The lowest BCUT2D eigenvalue weighted by molar-refractivity contribution is -0.114. The first-order valence-corrected chi connectivity index (χ1v) is 8.09. The highest BCUT2D eigenvalue weighted by atomic mass is 16.2. The standard InChI is InChI=1S/C19H24N4O2/c1-12-9-13(2)17(14(3)10-12)22-16(24)11-23(5)18-15(19(25)20-4)7-6-8-21-18/h6-10H,11H2,1-5H3,(H,20,25)(H,22,24). The Hall–Kier alpha value is -2.89. The molecular weight excluding hydrogens is 316 g/mol. The average molecular weight is 340 g/mol. The average Bonchev–Trinajstić information content (AvgIpc) is 2.57. The molecule has 0 aliphatic heterocycles. The van der Waals surface area contributed by atoms with Crippen LogP contribution in [0.1, 0.15) is 27.0 Å². The van der Waals surface area contributed by atoms with E-state index in [1.807, 2.05) is 32.9 Å². The zero-order valence-corrected chi connectivity index (χ0v) is 15.3. The van der Waals surface area contributed by atoms with Crippen molar-refractivity contribution in [2.24, 2.45) is 0 Å². The number of anilines is 2. The second-order valence-corrected chi connectivity index (χ2v) is 6.13. The summed E-state index contributed by atoms with van der Waals surface area (Å²) in [5.41, 5.74) is 4.48. The van der Waals surface area contributed by atoms with Crippen LogP contribution in [-0.4, -0.2) is 37.4 Å². The van der Waals surface area contributed by atoms with Gasteiger partial charge in [-0.05, 0) is 44.0 Å². The third-order valence-corrected chi connectivity index (χ3v) is 3.94. The van der Waals surface area contributed by atoms with E-state index < -0.39 is 0 Å². The molecule has 2 amide bonds. The summed E-state index contributed by atoms with van der Waals surface area (Å²) < 4.78 is 0. The first kappa shape index (κ1) is 18.4. The third-order valence-electron chi connectivity index (χ3n) is 3.94. The number of amides is 2. The van der Waals surface area contributed by atoms with Crippen LogP contribution in [0, 0.1) is 20.8 Å². The van der Waals surface area contributed by atoms with Crippen LogP contribution in [0.3, 0.4) is 0 Å². The Labute approximate surface area is 148 Å². The second kappa shape index (κ2) is 7.79. The van der Waals surface area contributed by atoms with Gasteiger partial charge in [-0.2, -0.15) is 0 Å². The van der Waals surface area contributed by atoms with Gasteiger partial charge in [-0.1, -0.05) is 17.7 Å². The summed E-state index contributed by atoms with van der Waals surface area (Å²) >= 11 is 0. The summed E-state index contributed by atoms with van der Waals surface area (Å²) in [6.07, 6.45) is 1.60. The maximum atomic E-state index is 12.5. The summed E-state index contributed by atoms with van der Waals surface area (Å²) in [7, 11) is 3.30. The molecule has 0 saturated carbocycles. The van der Waals surface area contributed by atoms with Gasteiger partial charge in [0.05, 0.1) is 12.1 Å². The molecule has 6 heteroatoms. The minimum atomic E-state index is -0.236. The molecule has 0 fully saturated rings. The lowest BCUT2D eigenvalue weighted by Crippen LogP contribution is -2.33.